The van der Waals surface area contributed by atoms with Gasteiger partial charge in [-0.15, -0.1) is 5.10 Å². The molecule has 7 nitrogen and oxygen atoms in total. The Morgan fingerprint density at radius 1 is 1.36 bits per heavy atom. The van der Waals surface area contributed by atoms with Crippen molar-refractivity contribution >= 4 is 11.8 Å². The molecule has 3 rings (SSSR count). The van der Waals surface area contributed by atoms with Gasteiger partial charge in [-0.05, 0) is 12.1 Å². The van der Waals surface area contributed by atoms with E-state index in [1.54, 1.807) is 23.0 Å². The molecule has 22 heavy (non-hydrogen) atoms. The number of carbonyl (C=O) groups is 2. The summed E-state index contributed by atoms with van der Waals surface area (Å²) in [5.74, 6) is 0.196. The normalized spacial score (nSPS) is 17.3. The van der Waals surface area contributed by atoms with Crippen LogP contribution in [0.3, 0.4) is 0 Å². The fraction of sp³-hybridized carbons (Fsp3) is 0.333. The molecule has 1 unspecified atom stereocenters. The molecule has 1 aliphatic heterocycles. The number of aromatic nitrogens is 3. The highest BCUT2D eigenvalue weighted by Crippen LogP contribution is 2.11. The van der Waals surface area contributed by atoms with Crippen molar-refractivity contribution in [2.75, 3.05) is 6.54 Å². The van der Waals surface area contributed by atoms with Crippen LogP contribution in [-0.4, -0.2) is 33.4 Å². The third-order valence-corrected chi connectivity index (χ3v) is 3.56. The van der Waals surface area contributed by atoms with Crippen LogP contribution in [0.1, 0.15) is 22.5 Å². The first-order valence-electron chi connectivity index (χ1n) is 7.19. The number of benzene rings is 1. The zero-order valence-corrected chi connectivity index (χ0v) is 12.0. The predicted molar refractivity (Wildman–Crippen MR) is 78.8 cm³/mol. The van der Waals surface area contributed by atoms with E-state index in [-0.39, 0.29) is 17.7 Å². The third kappa shape index (κ3) is 3.49. The van der Waals surface area contributed by atoms with E-state index in [2.05, 4.69) is 20.9 Å². The van der Waals surface area contributed by atoms with Crippen LogP contribution in [0, 0.1) is 5.92 Å². The van der Waals surface area contributed by atoms with Crippen molar-refractivity contribution in [3.63, 3.8) is 0 Å². The molecule has 1 aromatic heterocycles. The van der Waals surface area contributed by atoms with E-state index in [0.717, 1.165) is 0 Å². The molecule has 1 atom stereocenters. The van der Waals surface area contributed by atoms with Crippen molar-refractivity contribution in [1.82, 2.24) is 25.6 Å². The minimum Gasteiger partial charge on any atom is -0.356 e. The summed E-state index contributed by atoms with van der Waals surface area (Å²) in [5.41, 5.74) is 1.31. The summed E-state index contributed by atoms with van der Waals surface area (Å²) in [5, 5.41) is 13.7. The van der Waals surface area contributed by atoms with Gasteiger partial charge in [0.05, 0.1) is 12.7 Å². The second kappa shape index (κ2) is 6.38. The van der Waals surface area contributed by atoms with Gasteiger partial charge in [-0.2, -0.15) is 0 Å². The number of nitrogens with zero attached hydrogens (tertiary/aromatic N) is 3. The van der Waals surface area contributed by atoms with E-state index in [1.165, 1.54) is 0 Å². The number of hydrogen-bond donors (Lipinski definition) is 2. The Hall–Kier alpha value is -2.70. The van der Waals surface area contributed by atoms with Crippen molar-refractivity contribution < 1.29 is 9.59 Å². The molecule has 2 aromatic rings. The highest BCUT2D eigenvalue weighted by Gasteiger charge is 2.22. The van der Waals surface area contributed by atoms with Crippen LogP contribution in [0.4, 0.5) is 0 Å². The van der Waals surface area contributed by atoms with Crippen LogP contribution in [0.2, 0.25) is 0 Å². The molecular weight excluding hydrogens is 282 g/mol. The molecular formula is C15H17N5O2. The standard InChI is InChI=1S/C15H17N5O2/c21-14-6-11(7-16-14)9-20-10-13(18-19-20)8-17-15(22)12-4-2-1-3-5-12/h1-5,10-11H,6-9H2,(H,16,21)(H,17,22). The summed E-state index contributed by atoms with van der Waals surface area (Å²) in [6.45, 7) is 1.66. The molecule has 114 valence electrons. The molecule has 0 aliphatic carbocycles. The predicted octanol–water partition coefficient (Wildman–Crippen LogP) is 0.344. The number of hydrogen-bond acceptors (Lipinski definition) is 4. The second-order valence-electron chi connectivity index (χ2n) is 5.35. The Balaban J connectivity index is 1.51. The molecule has 1 aliphatic rings. The van der Waals surface area contributed by atoms with E-state index in [1.807, 2.05) is 18.2 Å². The van der Waals surface area contributed by atoms with Crippen LogP contribution in [0.5, 0.6) is 0 Å². The topological polar surface area (TPSA) is 88.9 Å². The minimum absolute atomic E-state index is 0.0838. The molecule has 0 spiro atoms. The quantitative estimate of drug-likeness (QED) is 0.833. The number of amides is 2. The van der Waals surface area contributed by atoms with Crippen molar-refractivity contribution in [3.8, 4) is 0 Å². The lowest BCUT2D eigenvalue weighted by Crippen LogP contribution is -2.22. The number of rotatable bonds is 5. The van der Waals surface area contributed by atoms with Crippen molar-refractivity contribution in [2.45, 2.75) is 19.5 Å². The summed E-state index contributed by atoms with van der Waals surface area (Å²) < 4.78 is 1.72. The third-order valence-electron chi connectivity index (χ3n) is 3.56. The Morgan fingerprint density at radius 2 is 2.18 bits per heavy atom. The van der Waals surface area contributed by atoms with Gasteiger partial charge in [-0.1, -0.05) is 23.4 Å². The first-order chi connectivity index (χ1) is 10.7. The number of carbonyl (C=O) groups excluding carboxylic acids is 2. The Bertz CT molecular complexity index is 668. The molecule has 0 radical (unpaired) electrons. The molecule has 1 fully saturated rings. The highest BCUT2D eigenvalue weighted by molar-refractivity contribution is 5.94. The molecule has 2 heterocycles. The SMILES string of the molecule is O=C1CC(Cn2cc(CNC(=O)c3ccccc3)nn2)CN1. The molecule has 0 saturated carbocycles. The summed E-state index contributed by atoms with van der Waals surface area (Å²) in [6, 6.07) is 9.03. The average Bonchev–Trinajstić information content (AvgIpc) is 3.15. The summed E-state index contributed by atoms with van der Waals surface area (Å²) in [6.07, 6.45) is 2.33. The Labute approximate surface area is 127 Å². The fourth-order valence-corrected chi connectivity index (χ4v) is 2.43. The highest BCUT2D eigenvalue weighted by atomic mass is 16.2. The van der Waals surface area contributed by atoms with Crippen LogP contribution < -0.4 is 10.6 Å². The van der Waals surface area contributed by atoms with Crippen LogP contribution in [0.15, 0.2) is 36.5 Å². The summed E-state index contributed by atoms with van der Waals surface area (Å²) >= 11 is 0. The monoisotopic (exact) mass is 299 g/mol. The van der Waals surface area contributed by atoms with Gasteiger partial charge in [0.15, 0.2) is 0 Å². The first kappa shape index (κ1) is 14.2. The van der Waals surface area contributed by atoms with Crippen LogP contribution >= 0.6 is 0 Å². The van der Waals surface area contributed by atoms with E-state index in [4.69, 9.17) is 0 Å². The van der Waals surface area contributed by atoms with Crippen molar-refractivity contribution in [3.05, 3.63) is 47.8 Å². The molecule has 7 heteroatoms. The van der Waals surface area contributed by atoms with E-state index >= 15 is 0 Å². The van der Waals surface area contributed by atoms with Crippen molar-refractivity contribution in [2.24, 2.45) is 5.92 Å². The second-order valence-corrected chi connectivity index (χ2v) is 5.35. The molecule has 2 amide bonds. The van der Waals surface area contributed by atoms with Gasteiger partial charge in [0.2, 0.25) is 5.91 Å². The van der Waals surface area contributed by atoms with Gasteiger partial charge in [-0.25, -0.2) is 0 Å². The molecule has 2 N–H and O–H groups in total. The number of nitrogens with one attached hydrogen (secondary N) is 2. The lowest BCUT2D eigenvalue weighted by molar-refractivity contribution is -0.119. The maximum absolute atomic E-state index is 11.9. The van der Waals surface area contributed by atoms with Gasteiger partial charge >= 0.3 is 0 Å². The van der Waals surface area contributed by atoms with Gasteiger partial charge < -0.3 is 10.6 Å². The molecule has 1 aromatic carbocycles. The van der Waals surface area contributed by atoms with E-state index in [9.17, 15) is 9.59 Å². The zero-order chi connectivity index (χ0) is 15.4. The minimum atomic E-state index is -0.138. The largest absolute Gasteiger partial charge is 0.356 e. The first-order valence-corrected chi connectivity index (χ1v) is 7.19. The lowest BCUT2D eigenvalue weighted by Gasteiger charge is -2.05. The zero-order valence-electron chi connectivity index (χ0n) is 12.0. The fourth-order valence-electron chi connectivity index (χ4n) is 2.43. The maximum Gasteiger partial charge on any atom is 0.251 e. The van der Waals surface area contributed by atoms with Gasteiger partial charge in [0.25, 0.3) is 5.91 Å². The van der Waals surface area contributed by atoms with Gasteiger partial charge in [0.1, 0.15) is 5.69 Å². The smallest absolute Gasteiger partial charge is 0.251 e. The average molecular weight is 299 g/mol. The van der Waals surface area contributed by atoms with E-state index < -0.39 is 0 Å². The Morgan fingerprint density at radius 3 is 2.91 bits per heavy atom. The molecule has 0 bridgehead atoms. The summed E-state index contributed by atoms with van der Waals surface area (Å²) in [7, 11) is 0. The Kier molecular flexibility index (Phi) is 4.13. The van der Waals surface area contributed by atoms with Gasteiger partial charge in [0, 0.05) is 31.0 Å². The van der Waals surface area contributed by atoms with E-state index in [0.29, 0.717) is 37.3 Å². The van der Waals surface area contributed by atoms with Crippen LogP contribution in [0.25, 0.3) is 0 Å². The van der Waals surface area contributed by atoms with Crippen molar-refractivity contribution in [1.29, 1.82) is 0 Å². The maximum atomic E-state index is 11.9. The lowest BCUT2D eigenvalue weighted by atomic mass is 10.1. The summed E-state index contributed by atoms with van der Waals surface area (Å²) in [4.78, 5) is 23.1. The van der Waals surface area contributed by atoms with Crippen LogP contribution in [-0.2, 0) is 17.9 Å². The van der Waals surface area contributed by atoms with Gasteiger partial charge in [-0.3, -0.25) is 14.3 Å². The molecule has 1 saturated heterocycles.